The highest BCUT2D eigenvalue weighted by Gasteiger charge is 2.11. The molecule has 4 heteroatoms. The Kier molecular flexibility index (Phi) is 4.51. The van der Waals surface area contributed by atoms with Gasteiger partial charge >= 0.3 is 0 Å². The minimum atomic E-state index is -0.326. The number of rotatable bonds is 4. The van der Waals surface area contributed by atoms with Crippen molar-refractivity contribution in [1.29, 1.82) is 0 Å². The number of nitrogens with one attached hydrogen (secondary N) is 1. The Bertz CT molecular complexity index is 342. The molecule has 0 aromatic heterocycles. The van der Waals surface area contributed by atoms with E-state index < -0.39 is 0 Å². The maximum Gasteiger partial charge on any atom is 0.145 e. The first-order valence-corrected chi connectivity index (χ1v) is 5.17. The molecule has 0 fully saturated rings. The van der Waals surface area contributed by atoms with Gasteiger partial charge in [-0.1, -0.05) is 31.5 Å². The van der Waals surface area contributed by atoms with Crippen molar-refractivity contribution >= 4 is 11.6 Å². The average Bonchev–Trinajstić information content (AvgIpc) is 2.19. The van der Waals surface area contributed by atoms with E-state index in [1.165, 1.54) is 7.11 Å². The smallest absolute Gasteiger partial charge is 0.145 e. The lowest BCUT2D eigenvalue weighted by Gasteiger charge is -2.11. The van der Waals surface area contributed by atoms with Crippen LogP contribution >= 0.6 is 11.6 Å². The first kappa shape index (κ1) is 12.4. The van der Waals surface area contributed by atoms with E-state index in [0.29, 0.717) is 12.1 Å². The lowest BCUT2D eigenvalue weighted by Crippen LogP contribution is -2.11. The van der Waals surface area contributed by atoms with Gasteiger partial charge in [0.05, 0.1) is 12.1 Å². The molecule has 0 atom stereocenters. The van der Waals surface area contributed by atoms with E-state index in [1.54, 1.807) is 12.1 Å². The molecule has 0 spiro atoms. The van der Waals surface area contributed by atoms with Gasteiger partial charge in [0.15, 0.2) is 0 Å². The van der Waals surface area contributed by atoms with Gasteiger partial charge in [0.25, 0.3) is 0 Å². The number of hydrogen-bond acceptors (Lipinski definition) is 2. The second kappa shape index (κ2) is 5.45. The van der Waals surface area contributed by atoms with Crippen LogP contribution in [0.25, 0.3) is 0 Å². The third-order valence-corrected chi connectivity index (χ3v) is 2.43. The van der Waals surface area contributed by atoms with Crippen molar-refractivity contribution in [3.8, 4) is 0 Å². The molecule has 0 saturated heterocycles. The van der Waals surface area contributed by atoms with Crippen LogP contribution in [0.15, 0.2) is 12.1 Å². The molecular weight excluding hydrogens is 217 g/mol. The van der Waals surface area contributed by atoms with Crippen LogP contribution in [0.4, 0.5) is 4.39 Å². The standard InChI is InChI=1S/C11H15ClFNO/c1-7(2)9-4-8(6-14-15-3)5-10(12)11(9)13/h4-5,7,14H,6H2,1-3H3. The second-order valence-electron chi connectivity index (χ2n) is 3.66. The van der Waals surface area contributed by atoms with E-state index in [4.69, 9.17) is 16.4 Å². The fraction of sp³-hybridized carbons (Fsp3) is 0.455. The SMILES string of the molecule is CONCc1cc(Cl)c(F)c(C(C)C)c1. The normalized spacial score (nSPS) is 11.1. The highest BCUT2D eigenvalue weighted by atomic mass is 35.5. The Labute approximate surface area is 94.3 Å². The maximum atomic E-state index is 13.6. The van der Waals surface area contributed by atoms with Gasteiger partial charge in [0.2, 0.25) is 0 Å². The Morgan fingerprint density at radius 1 is 1.47 bits per heavy atom. The van der Waals surface area contributed by atoms with Crippen molar-refractivity contribution in [2.24, 2.45) is 0 Å². The van der Waals surface area contributed by atoms with E-state index in [1.807, 2.05) is 13.8 Å². The molecule has 0 heterocycles. The van der Waals surface area contributed by atoms with Crippen molar-refractivity contribution in [3.05, 3.63) is 34.1 Å². The van der Waals surface area contributed by atoms with Gasteiger partial charge in [-0.15, -0.1) is 0 Å². The van der Waals surface area contributed by atoms with Crippen molar-refractivity contribution in [1.82, 2.24) is 5.48 Å². The third kappa shape index (κ3) is 3.16. The van der Waals surface area contributed by atoms with Gasteiger partial charge in [0.1, 0.15) is 5.82 Å². The summed E-state index contributed by atoms with van der Waals surface area (Å²) in [5.74, 6) is -0.210. The molecule has 1 aromatic rings. The van der Waals surface area contributed by atoms with Crippen LogP contribution in [0.3, 0.4) is 0 Å². The van der Waals surface area contributed by atoms with E-state index in [-0.39, 0.29) is 16.8 Å². The van der Waals surface area contributed by atoms with Crippen molar-refractivity contribution in [2.45, 2.75) is 26.3 Å². The number of hydroxylamine groups is 1. The lowest BCUT2D eigenvalue weighted by atomic mass is 10.00. The summed E-state index contributed by atoms with van der Waals surface area (Å²) >= 11 is 5.80. The molecule has 1 rings (SSSR count). The average molecular weight is 232 g/mol. The first-order valence-electron chi connectivity index (χ1n) is 4.80. The van der Waals surface area contributed by atoms with Gasteiger partial charge in [-0.25, -0.2) is 4.39 Å². The quantitative estimate of drug-likeness (QED) is 0.804. The van der Waals surface area contributed by atoms with Gasteiger partial charge in [-0.05, 0) is 23.1 Å². The first-order chi connectivity index (χ1) is 7.06. The largest absolute Gasteiger partial charge is 0.305 e. The molecule has 15 heavy (non-hydrogen) atoms. The number of hydrogen-bond donors (Lipinski definition) is 1. The minimum absolute atomic E-state index is 0.116. The van der Waals surface area contributed by atoms with E-state index in [9.17, 15) is 4.39 Å². The molecule has 0 amide bonds. The molecule has 84 valence electrons. The monoisotopic (exact) mass is 231 g/mol. The Balaban J connectivity index is 3.00. The molecule has 0 aliphatic rings. The molecule has 0 saturated carbocycles. The van der Waals surface area contributed by atoms with Crippen LogP contribution in [0, 0.1) is 5.82 Å². The molecule has 1 N–H and O–H groups in total. The van der Waals surface area contributed by atoms with Gasteiger partial charge in [-0.3, -0.25) is 0 Å². The zero-order valence-electron chi connectivity index (χ0n) is 9.10. The molecule has 0 radical (unpaired) electrons. The van der Waals surface area contributed by atoms with Crippen molar-refractivity contribution in [3.63, 3.8) is 0 Å². The third-order valence-electron chi connectivity index (χ3n) is 2.16. The summed E-state index contributed by atoms with van der Waals surface area (Å²) in [5.41, 5.74) is 4.24. The maximum absolute atomic E-state index is 13.6. The number of benzene rings is 1. The molecule has 2 nitrogen and oxygen atoms in total. The second-order valence-corrected chi connectivity index (χ2v) is 4.07. The summed E-state index contributed by atoms with van der Waals surface area (Å²) < 4.78 is 13.6. The van der Waals surface area contributed by atoms with Crippen LogP contribution in [-0.2, 0) is 11.4 Å². The molecule has 0 aliphatic heterocycles. The lowest BCUT2D eigenvalue weighted by molar-refractivity contribution is 0.0867. The summed E-state index contributed by atoms with van der Waals surface area (Å²) in [5, 5.41) is 0.161. The molecule has 1 aromatic carbocycles. The predicted octanol–water partition coefficient (Wildman–Crippen LogP) is 3.25. The highest BCUT2D eigenvalue weighted by molar-refractivity contribution is 6.30. The Hall–Kier alpha value is -0.640. The zero-order valence-corrected chi connectivity index (χ0v) is 9.86. The minimum Gasteiger partial charge on any atom is -0.305 e. The molecular formula is C11H15ClFNO. The summed E-state index contributed by atoms with van der Waals surface area (Å²) in [6.45, 7) is 4.38. The fourth-order valence-corrected chi connectivity index (χ4v) is 1.60. The van der Waals surface area contributed by atoms with Gasteiger partial charge in [0, 0.05) is 6.54 Å². The summed E-state index contributed by atoms with van der Waals surface area (Å²) in [7, 11) is 1.54. The van der Waals surface area contributed by atoms with Crippen LogP contribution < -0.4 is 5.48 Å². The summed E-state index contributed by atoms with van der Waals surface area (Å²) in [4.78, 5) is 4.73. The molecule has 0 unspecified atom stereocenters. The zero-order chi connectivity index (χ0) is 11.4. The fourth-order valence-electron chi connectivity index (χ4n) is 1.35. The predicted molar refractivity (Wildman–Crippen MR) is 59.3 cm³/mol. The number of halogens is 2. The van der Waals surface area contributed by atoms with Crippen molar-refractivity contribution < 1.29 is 9.23 Å². The Morgan fingerprint density at radius 3 is 2.67 bits per heavy atom. The van der Waals surface area contributed by atoms with Crippen LogP contribution in [-0.4, -0.2) is 7.11 Å². The van der Waals surface area contributed by atoms with Crippen LogP contribution in [0.1, 0.15) is 30.9 Å². The highest BCUT2D eigenvalue weighted by Crippen LogP contribution is 2.26. The van der Waals surface area contributed by atoms with Crippen LogP contribution in [0.2, 0.25) is 5.02 Å². The van der Waals surface area contributed by atoms with E-state index in [0.717, 1.165) is 5.56 Å². The molecule has 0 bridgehead atoms. The van der Waals surface area contributed by atoms with E-state index in [2.05, 4.69) is 5.48 Å². The van der Waals surface area contributed by atoms with Gasteiger partial charge < -0.3 is 4.84 Å². The summed E-state index contributed by atoms with van der Waals surface area (Å²) in [6.07, 6.45) is 0. The summed E-state index contributed by atoms with van der Waals surface area (Å²) in [6, 6.07) is 3.41. The van der Waals surface area contributed by atoms with Gasteiger partial charge in [-0.2, -0.15) is 5.48 Å². The molecule has 0 aliphatic carbocycles. The topological polar surface area (TPSA) is 21.3 Å². The van der Waals surface area contributed by atoms with Crippen LogP contribution in [0.5, 0.6) is 0 Å². The van der Waals surface area contributed by atoms with E-state index >= 15 is 0 Å². The Morgan fingerprint density at radius 2 is 2.13 bits per heavy atom. The van der Waals surface area contributed by atoms with Crippen molar-refractivity contribution in [2.75, 3.05) is 7.11 Å².